The highest BCUT2D eigenvalue weighted by molar-refractivity contribution is 5.79. The molecule has 0 aliphatic carbocycles. The minimum Gasteiger partial charge on any atom is -0.373 e. The van der Waals surface area contributed by atoms with Crippen molar-refractivity contribution < 1.29 is 4.74 Å². The van der Waals surface area contributed by atoms with E-state index in [1.165, 1.54) is 32.4 Å². The molecule has 20 heavy (non-hydrogen) atoms. The number of aliphatic imine (C=N–C) groups is 1. The Labute approximate surface area is 123 Å². The number of hydrogen-bond donors (Lipinski definition) is 2. The van der Waals surface area contributed by atoms with Crippen LogP contribution in [0.2, 0.25) is 0 Å². The molecule has 2 unspecified atom stereocenters. The molecule has 2 rings (SSSR count). The molecule has 5 heteroatoms. The molecule has 0 spiro atoms. The quantitative estimate of drug-likeness (QED) is 0.598. The van der Waals surface area contributed by atoms with E-state index >= 15 is 0 Å². The van der Waals surface area contributed by atoms with Gasteiger partial charge in [0.1, 0.15) is 0 Å². The molecule has 2 aliphatic heterocycles. The van der Waals surface area contributed by atoms with Crippen LogP contribution in [0.3, 0.4) is 0 Å². The van der Waals surface area contributed by atoms with Gasteiger partial charge in [-0.25, -0.2) is 0 Å². The van der Waals surface area contributed by atoms with Crippen LogP contribution in [0.25, 0.3) is 0 Å². The van der Waals surface area contributed by atoms with Gasteiger partial charge in [-0.2, -0.15) is 0 Å². The predicted molar refractivity (Wildman–Crippen MR) is 83.2 cm³/mol. The van der Waals surface area contributed by atoms with Crippen molar-refractivity contribution in [3.05, 3.63) is 0 Å². The summed E-state index contributed by atoms with van der Waals surface area (Å²) in [6.07, 6.45) is 4.92. The Morgan fingerprint density at radius 3 is 2.90 bits per heavy atom. The van der Waals surface area contributed by atoms with E-state index in [0.717, 1.165) is 38.0 Å². The summed E-state index contributed by atoms with van der Waals surface area (Å²) < 4.78 is 5.79. The maximum atomic E-state index is 5.79. The second kappa shape index (κ2) is 7.27. The summed E-state index contributed by atoms with van der Waals surface area (Å²) in [6, 6.07) is 0. The lowest BCUT2D eigenvalue weighted by Gasteiger charge is -2.30. The third-order valence-corrected chi connectivity index (χ3v) is 4.43. The molecular formula is C15H30N4O. The number of hydrogen-bond acceptors (Lipinski definition) is 3. The molecule has 0 aromatic rings. The van der Waals surface area contributed by atoms with Crippen molar-refractivity contribution >= 4 is 5.96 Å². The van der Waals surface area contributed by atoms with Crippen molar-refractivity contribution in [2.75, 3.05) is 46.9 Å². The third-order valence-electron chi connectivity index (χ3n) is 4.43. The fourth-order valence-electron chi connectivity index (χ4n) is 3.15. The fourth-order valence-corrected chi connectivity index (χ4v) is 3.15. The van der Waals surface area contributed by atoms with E-state index in [-0.39, 0.29) is 5.60 Å². The molecule has 0 bridgehead atoms. The Hall–Kier alpha value is -0.810. The van der Waals surface area contributed by atoms with Crippen LogP contribution >= 0.6 is 0 Å². The second-order valence-corrected chi connectivity index (χ2v) is 6.48. The van der Waals surface area contributed by atoms with Gasteiger partial charge in [0.05, 0.1) is 5.60 Å². The molecule has 0 aromatic carbocycles. The molecular weight excluding hydrogens is 252 g/mol. The molecule has 0 aromatic heterocycles. The Morgan fingerprint density at radius 2 is 2.25 bits per heavy atom. The number of ether oxygens (including phenoxy) is 1. The molecule has 2 aliphatic rings. The van der Waals surface area contributed by atoms with E-state index in [0.29, 0.717) is 0 Å². The maximum absolute atomic E-state index is 5.79. The number of rotatable bonds is 4. The van der Waals surface area contributed by atoms with Crippen LogP contribution in [-0.2, 0) is 4.74 Å². The molecule has 2 fully saturated rings. The molecule has 2 atom stereocenters. The Kier molecular flexibility index (Phi) is 5.66. The largest absolute Gasteiger partial charge is 0.373 e. The van der Waals surface area contributed by atoms with Crippen molar-refractivity contribution in [3.63, 3.8) is 0 Å². The average Bonchev–Trinajstić information content (AvgIpc) is 2.86. The van der Waals surface area contributed by atoms with Gasteiger partial charge in [-0.15, -0.1) is 0 Å². The van der Waals surface area contributed by atoms with Crippen LogP contribution in [-0.4, -0.2) is 63.3 Å². The zero-order valence-corrected chi connectivity index (χ0v) is 13.2. The fraction of sp³-hybridized carbons (Fsp3) is 0.933. The van der Waals surface area contributed by atoms with E-state index in [1.54, 1.807) is 0 Å². The SMILES string of the molecule is CN=C(NCC1CCCN(C)C1)NCC1(C)CCCO1. The van der Waals surface area contributed by atoms with Crippen LogP contribution in [0, 0.1) is 5.92 Å². The third kappa shape index (κ3) is 4.63. The molecule has 0 saturated carbocycles. The van der Waals surface area contributed by atoms with Crippen LogP contribution in [0.4, 0.5) is 0 Å². The molecule has 2 saturated heterocycles. The summed E-state index contributed by atoms with van der Waals surface area (Å²) in [4.78, 5) is 6.72. The van der Waals surface area contributed by atoms with E-state index in [9.17, 15) is 0 Å². The highest BCUT2D eigenvalue weighted by Gasteiger charge is 2.29. The normalized spacial score (nSPS) is 32.4. The topological polar surface area (TPSA) is 48.9 Å². The lowest BCUT2D eigenvalue weighted by molar-refractivity contribution is 0.0242. The van der Waals surface area contributed by atoms with Crippen molar-refractivity contribution in [1.29, 1.82) is 0 Å². The molecule has 0 amide bonds. The van der Waals surface area contributed by atoms with Gasteiger partial charge in [0, 0.05) is 33.3 Å². The first-order valence-electron chi connectivity index (χ1n) is 7.88. The maximum Gasteiger partial charge on any atom is 0.191 e. The van der Waals surface area contributed by atoms with E-state index in [4.69, 9.17) is 4.74 Å². The highest BCUT2D eigenvalue weighted by atomic mass is 16.5. The standard InChI is InChI=1S/C15H30N4O/c1-15(7-5-9-20-15)12-18-14(16-2)17-10-13-6-4-8-19(3)11-13/h13H,4-12H2,1-3H3,(H2,16,17,18). The highest BCUT2D eigenvalue weighted by Crippen LogP contribution is 2.23. The van der Waals surface area contributed by atoms with Crippen LogP contribution in [0.15, 0.2) is 4.99 Å². The number of guanidine groups is 1. The van der Waals surface area contributed by atoms with Crippen molar-refractivity contribution in [2.24, 2.45) is 10.9 Å². The zero-order chi connectivity index (χ0) is 14.4. The predicted octanol–water partition coefficient (Wildman–Crippen LogP) is 1.06. The minimum absolute atomic E-state index is 0.0251. The summed E-state index contributed by atoms with van der Waals surface area (Å²) in [5.41, 5.74) is -0.0251. The number of likely N-dealkylation sites (tertiary alicyclic amines) is 1. The van der Waals surface area contributed by atoms with Crippen molar-refractivity contribution in [2.45, 2.75) is 38.2 Å². The lowest BCUT2D eigenvalue weighted by Crippen LogP contribution is -2.47. The first kappa shape index (κ1) is 15.6. The van der Waals surface area contributed by atoms with E-state index < -0.39 is 0 Å². The van der Waals surface area contributed by atoms with Crippen molar-refractivity contribution in [1.82, 2.24) is 15.5 Å². The lowest BCUT2D eigenvalue weighted by atomic mass is 9.98. The van der Waals surface area contributed by atoms with Gasteiger partial charge in [0.25, 0.3) is 0 Å². The van der Waals surface area contributed by atoms with Crippen LogP contribution < -0.4 is 10.6 Å². The van der Waals surface area contributed by atoms with Crippen LogP contribution in [0.5, 0.6) is 0 Å². The molecule has 116 valence electrons. The number of nitrogens with one attached hydrogen (secondary N) is 2. The minimum atomic E-state index is -0.0251. The number of piperidine rings is 1. The van der Waals surface area contributed by atoms with Gasteiger partial charge in [-0.3, -0.25) is 4.99 Å². The summed E-state index contributed by atoms with van der Waals surface area (Å²) in [5.74, 6) is 1.63. The Balaban J connectivity index is 1.69. The monoisotopic (exact) mass is 282 g/mol. The van der Waals surface area contributed by atoms with Gasteiger partial charge in [-0.1, -0.05) is 0 Å². The molecule has 0 radical (unpaired) electrons. The van der Waals surface area contributed by atoms with Gasteiger partial charge < -0.3 is 20.3 Å². The Morgan fingerprint density at radius 1 is 1.40 bits per heavy atom. The smallest absolute Gasteiger partial charge is 0.191 e. The van der Waals surface area contributed by atoms with E-state index in [2.05, 4.69) is 34.5 Å². The zero-order valence-electron chi connectivity index (χ0n) is 13.2. The first-order valence-corrected chi connectivity index (χ1v) is 7.88. The van der Waals surface area contributed by atoms with E-state index in [1.807, 2.05) is 7.05 Å². The van der Waals surface area contributed by atoms with Gasteiger partial charge >= 0.3 is 0 Å². The number of nitrogens with zero attached hydrogens (tertiary/aromatic N) is 2. The molecule has 5 nitrogen and oxygen atoms in total. The summed E-state index contributed by atoms with van der Waals surface area (Å²) in [7, 11) is 4.04. The van der Waals surface area contributed by atoms with Crippen molar-refractivity contribution in [3.8, 4) is 0 Å². The van der Waals surface area contributed by atoms with Gasteiger partial charge in [-0.05, 0) is 52.1 Å². The van der Waals surface area contributed by atoms with Gasteiger partial charge in [0.2, 0.25) is 0 Å². The summed E-state index contributed by atoms with van der Waals surface area (Å²) in [5, 5.41) is 6.86. The second-order valence-electron chi connectivity index (χ2n) is 6.48. The Bertz CT molecular complexity index is 326. The summed E-state index contributed by atoms with van der Waals surface area (Å²) in [6.45, 7) is 7.32. The molecule has 2 N–H and O–H groups in total. The first-order chi connectivity index (χ1) is 9.61. The van der Waals surface area contributed by atoms with Gasteiger partial charge in [0.15, 0.2) is 5.96 Å². The van der Waals surface area contributed by atoms with Crippen LogP contribution in [0.1, 0.15) is 32.6 Å². The molecule has 2 heterocycles. The summed E-state index contributed by atoms with van der Waals surface area (Å²) >= 11 is 0. The average molecular weight is 282 g/mol.